The van der Waals surface area contributed by atoms with Crippen LogP contribution in [0.1, 0.15) is 18.1 Å². The van der Waals surface area contributed by atoms with Gasteiger partial charge in [0.1, 0.15) is 0 Å². The zero-order valence-electron chi connectivity index (χ0n) is 17.7. The topological polar surface area (TPSA) is 82.3 Å². The van der Waals surface area contributed by atoms with Crippen molar-refractivity contribution in [2.24, 2.45) is 0 Å². The van der Waals surface area contributed by atoms with Gasteiger partial charge >= 0.3 is 12.2 Å². The van der Waals surface area contributed by atoms with Gasteiger partial charge in [0, 0.05) is 34.6 Å². The second-order valence-corrected chi connectivity index (χ2v) is 7.95. The number of alkyl halides is 3. The lowest BCUT2D eigenvalue weighted by atomic mass is 10.2. The van der Waals surface area contributed by atoms with E-state index in [1.54, 1.807) is 24.3 Å². The highest BCUT2D eigenvalue weighted by molar-refractivity contribution is 8.00. The summed E-state index contributed by atoms with van der Waals surface area (Å²) in [5.41, 5.74) is 2.14. The molecule has 0 aliphatic carbocycles. The Morgan fingerprint density at radius 2 is 1.39 bits per heavy atom. The van der Waals surface area contributed by atoms with Crippen LogP contribution in [-0.4, -0.2) is 11.9 Å². The number of hydrogen-bond acceptors (Lipinski definition) is 4. The van der Waals surface area contributed by atoms with Crippen molar-refractivity contribution in [2.45, 2.75) is 24.9 Å². The van der Waals surface area contributed by atoms with Crippen molar-refractivity contribution in [1.29, 1.82) is 0 Å². The largest absolute Gasteiger partial charge is 0.416 e. The number of rotatable bonds is 6. The van der Waals surface area contributed by atoms with Crippen molar-refractivity contribution in [2.75, 3.05) is 20.7 Å². The van der Waals surface area contributed by atoms with Crippen molar-refractivity contribution < 1.29 is 22.8 Å². The minimum absolute atomic E-state index is 0.0356. The molecule has 0 saturated heterocycles. The van der Waals surface area contributed by atoms with Crippen molar-refractivity contribution in [3.63, 3.8) is 0 Å². The highest BCUT2D eigenvalue weighted by atomic mass is 32.2. The number of amides is 3. The van der Waals surface area contributed by atoms with Crippen LogP contribution in [0.3, 0.4) is 0 Å². The van der Waals surface area contributed by atoms with E-state index in [9.17, 15) is 22.8 Å². The van der Waals surface area contributed by atoms with E-state index >= 15 is 0 Å². The molecule has 0 spiro atoms. The number of hydrogen-bond donors (Lipinski definition) is 4. The van der Waals surface area contributed by atoms with Gasteiger partial charge in [0.05, 0.1) is 5.56 Å². The molecule has 3 amide bonds. The molecule has 172 valence electrons. The van der Waals surface area contributed by atoms with Crippen LogP contribution in [0, 0.1) is 6.92 Å². The Labute approximate surface area is 193 Å². The van der Waals surface area contributed by atoms with Crippen LogP contribution in [-0.2, 0) is 11.0 Å². The molecule has 0 atom stereocenters. The van der Waals surface area contributed by atoms with E-state index in [0.29, 0.717) is 11.4 Å². The summed E-state index contributed by atoms with van der Waals surface area (Å²) in [5, 5.41) is 7.73. The number of aryl methyl sites for hydroxylation is 1. The second-order valence-electron chi connectivity index (χ2n) is 7.10. The van der Waals surface area contributed by atoms with Gasteiger partial charge in [-0.05, 0) is 79.0 Å². The second kappa shape index (κ2) is 10.3. The molecule has 4 N–H and O–H groups in total. The smallest absolute Gasteiger partial charge is 0.326 e. The lowest BCUT2D eigenvalue weighted by Gasteiger charge is -2.13. The number of benzene rings is 3. The average Bonchev–Trinajstić information content (AvgIpc) is 2.74. The summed E-state index contributed by atoms with van der Waals surface area (Å²) in [7, 11) is 0. The third kappa shape index (κ3) is 7.18. The first-order valence-corrected chi connectivity index (χ1v) is 10.6. The lowest BCUT2D eigenvalue weighted by molar-refractivity contribution is -0.137. The van der Waals surface area contributed by atoms with Crippen LogP contribution >= 0.6 is 11.9 Å². The van der Waals surface area contributed by atoms with Gasteiger partial charge in [-0.2, -0.15) is 13.2 Å². The van der Waals surface area contributed by atoms with Crippen LogP contribution in [0.4, 0.5) is 40.7 Å². The Bertz CT molecular complexity index is 1150. The van der Waals surface area contributed by atoms with Crippen molar-refractivity contribution in [1.82, 2.24) is 0 Å². The van der Waals surface area contributed by atoms with Crippen LogP contribution < -0.4 is 20.7 Å². The number of anilines is 4. The molecular weight excluding hydrogens is 453 g/mol. The Hall–Kier alpha value is -3.66. The average molecular weight is 475 g/mol. The fourth-order valence-electron chi connectivity index (χ4n) is 2.79. The van der Waals surface area contributed by atoms with Gasteiger partial charge in [0.15, 0.2) is 0 Å². The third-order valence-electron chi connectivity index (χ3n) is 4.38. The van der Waals surface area contributed by atoms with Crippen LogP contribution in [0.15, 0.2) is 71.6 Å². The van der Waals surface area contributed by atoms with E-state index in [2.05, 4.69) is 20.7 Å². The molecule has 0 radical (unpaired) electrons. The van der Waals surface area contributed by atoms with Crippen LogP contribution in [0.2, 0.25) is 0 Å². The molecule has 0 aliphatic rings. The van der Waals surface area contributed by atoms with Crippen molar-refractivity contribution in [3.8, 4) is 0 Å². The van der Waals surface area contributed by atoms with Gasteiger partial charge in [-0.3, -0.25) is 4.79 Å². The highest BCUT2D eigenvalue weighted by Crippen LogP contribution is 2.31. The Morgan fingerprint density at radius 3 is 2.03 bits per heavy atom. The van der Waals surface area contributed by atoms with E-state index in [-0.39, 0.29) is 11.6 Å². The molecule has 33 heavy (non-hydrogen) atoms. The van der Waals surface area contributed by atoms with Gasteiger partial charge in [0.25, 0.3) is 0 Å². The van der Waals surface area contributed by atoms with Crippen LogP contribution in [0.5, 0.6) is 0 Å². The maximum atomic E-state index is 12.8. The highest BCUT2D eigenvalue weighted by Gasteiger charge is 2.30. The zero-order chi connectivity index (χ0) is 24.0. The molecule has 3 rings (SSSR count). The van der Waals surface area contributed by atoms with Crippen molar-refractivity contribution >= 4 is 46.6 Å². The Morgan fingerprint density at radius 1 is 0.788 bits per heavy atom. The quantitative estimate of drug-likeness (QED) is 0.298. The molecule has 6 nitrogen and oxygen atoms in total. The number of urea groups is 1. The van der Waals surface area contributed by atoms with Gasteiger partial charge in [-0.25, -0.2) is 4.79 Å². The van der Waals surface area contributed by atoms with Crippen molar-refractivity contribution in [3.05, 3.63) is 77.9 Å². The van der Waals surface area contributed by atoms with Gasteiger partial charge in [-0.1, -0.05) is 12.1 Å². The first-order valence-electron chi connectivity index (χ1n) is 9.76. The lowest BCUT2D eigenvalue weighted by Crippen LogP contribution is -2.19. The van der Waals surface area contributed by atoms with E-state index in [1.807, 2.05) is 25.1 Å². The number of carbonyl (C=O) groups excluding carboxylic acids is 2. The molecule has 0 fully saturated rings. The fourth-order valence-corrected chi connectivity index (χ4v) is 3.57. The molecular formula is C23H21F3N4O2S. The first kappa shape index (κ1) is 24.0. The summed E-state index contributed by atoms with van der Waals surface area (Å²) < 4.78 is 41.7. The predicted molar refractivity (Wildman–Crippen MR) is 125 cm³/mol. The zero-order valence-corrected chi connectivity index (χ0v) is 18.5. The van der Waals surface area contributed by atoms with E-state index in [4.69, 9.17) is 0 Å². The molecule has 0 aliphatic heterocycles. The molecule has 0 heterocycles. The third-order valence-corrected chi connectivity index (χ3v) is 5.38. The van der Waals surface area contributed by atoms with Gasteiger partial charge in [-0.15, -0.1) is 0 Å². The number of carbonyl (C=O) groups is 2. The summed E-state index contributed by atoms with van der Waals surface area (Å²) >= 11 is 1.34. The summed E-state index contributed by atoms with van der Waals surface area (Å²) in [6.07, 6.45) is -4.49. The monoisotopic (exact) mass is 474 g/mol. The summed E-state index contributed by atoms with van der Waals surface area (Å²) in [5.74, 6) is -0.151. The first-order chi connectivity index (χ1) is 15.6. The van der Waals surface area contributed by atoms with Gasteiger partial charge < -0.3 is 20.7 Å². The molecule has 0 aromatic heterocycles. The minimum atomic E-state index is -4.49. The summed E-state index contributed by atoms with van der Waals surface area (Å²) in [4.78, 5) is 24.2. The number of nitrogens with one attached hydrogen (secondary N) is 4. The number of halogens is 3. The van der Waals surface area contributed by atoms with Gasteiger partial charge in [0.2, 0.25) is 5.91 Å². The van der Waals surface area contributed by atoms with Crippen LogP contribution in [0.25, 0.3) is 0 Å². The standard InChI is InChI=1S/C23H21F3N4O2S/c1-14-6-7-20(29-22(32)28-19-5-3-4-16(12-19)23(24,25)26)13-21(14)33-30-18-10-8-17(9-11-18)27-15(2)31/h3-13,30H,1-2H3,(H,27,31)(H2,28,29,32). The summed E-state index contributed by atoms with van der Waals surface area (Å²) in [6, 6.07) is 16.2. The SMILES string of the molecule is CC(=O)Nc1ccc(NSc2cc(NC(=O)Nc3cccc(C(F)(F)F)c3)ccc2C)cc1. The molecule has 0 bridgehead atoms. The van der Waals surface area contributed by atoms with E-state index < -0.39 is 17.8 Å². The molecule has 0 saturated carbocycles. The van der Waals surface area contributed by atoms with E-state index in [1.165, 1.54) is 31.0 Å². The normalized spacial score (nSPS) is 10.9. The molecule has 0 unspecified atom stereocenters. The summed E-state index contributed by atoms with van der Waals surface area (Å²) in [6.45, 7) is 3.35. The maximum absolute atomic E-state index is 12.8. The maximum Gasteiger partial charge on any atom is 0.416 e. The molecule has 10 heteroatoms. The Kier molecular flexibility index (Phi) is 7.49. The molecule has 3 aromatic rings. The minimum Gasteiger partial charge on any atom is -0.326 e. The fraction of sp³-hybridized carbons (Fsp3) is 0.130. The van der Waals surface area contributed by atoms with E-state index in [0.717, 1.165) is 28.3 Å². The molecule has 3 aromatic carbocycles. The predicted octanol–water partition coefficient (Wildman–Crippen LogP) is 6.74. The Balaban J connectivity index is 1.61.